The van der Waals surface area contributed by atoms with E-state index in [-0.39, 0.29) is 5.91 Å². The molecule has 0 saturated heterocycles. The molecule has 0 saturated carbocycles. The van der Waals surface area contributed by atoms with Crippen molar-refractivity contribution in [3.05, 3.63) is 78.4 Å². The fourth-order valence-corrected chi connectivity index (χ4v) is 2.42. The summed E-state index contributed by atoms with van der Waals surface area (Å²) in [6, 6.07) is 21.4. The lowest BCUT2D eigenvalue weighted by Crippen LogP contribution is -2.07. The van der Waals surface area contributed by atoms with Crippen molar-refractivity contribution in [2.45, 2.75) is 0 Å². The first kappa shape index (κ1) is 14.9. The Morgan fingerprint density at radius 2 is 1.70 bits per heavy atom. The van der Waals surface area contributed by atoms with E-state index in [1.165, 1.54) is 0 Å². The molecule has 0 heterocycles. The van der Waals surface area contributed by atoms with Gasteiger partial charge in [-0.1, -0.05) is 42.5 Å². The minimum absolute atomic E-state index is 0.164. The number of anilines is 1. The Morgan fingerprint density at radius 3 is 2.48 bits per heavy atom. The van der Waals surface area contributed by atoms with E-state index in [4.69, 9.17) is 4.74 Å². The first-order valence-electron chi connectivity index (χ1n) is 7.37. The third kappa shape index (κ3) is 3.58. The zero-order chi connectivity index (χ0) is 16.1. The van der Waals surface area contributed by atoms with Gasteiger partial charge in [-0.2, -0.15) is 0 Å². The molecule has 0 aromatic heterocycles. The topological polar surface area (TPSA) is 38.3 Å². The Morgan fingerprint density at radius 1 is 0.957 bits per heavy atom. The number of fused-ring (bicyclic) bond motifs is 1. The van der Waals surface area contributed by atoms with Gasteiger partial charge in [-0.3, -0.25) is 4.79 Å². The van der Waals surface area contributed by atoms with Crippen LogP contribution in [0.2, 0.25) is 0 Å². The van der Waals surface area contributed by atoms with E-state index >= 15 is 0 Å². The molecule has 3 aromatic rings. The first-order chi connectivity index (χ1) is 11.3. The molecule has 0 spiro atoms. The van der Waals surface area contributed by atoms with Gasteiger partial charge in [0.1, 0.15) is 5.75 Å². The molecule has 0 bridgehead atoms. The second kappa shape index (κ2) is 6.79. The lowest BCUT2D eigenvalue weighted by atomic mass is 10.0. The van der Waals surface area contributed by atoms with Crippen LogP contribution >= 0.6 is 0 Å². The van der Waals surface area contributed by atoms with Crippen molar-refractivity contribution in [2.75, 3.05) is 12.4 Å². The van der Waals surface area contributed by atoms with Crippen molar-refractivity contribution in [1.82, 2.24) is 0 Å². The molecule has 0 atom stereocenters. The van der Waals surface area contributed by atoms with Gasteiger partial charge in [0.05, 0.1) is 7.11 Å². The van der Waals surface area contributed by atoms with Crippen molar-refractivity contribution >= 4 is 28.4 Å². The van der Waals surface area contributed by atoms with Gasteiger partial charge in [-0.05, 0) is 46.7 Å². The number of ether oxygens (including phenoxy) is 1. The van der Waals surface area contributed by atoms with Crippen LogP contribution in [0.4, 0.5) is 5.69 Å². The van der Waals surface area contributed by atoms with Crippen molar-refractivity contribution < 1.29 is 9.53 Å². The first-order valence-corrected chi connectivity index (χ1v) is 7.37. The van der Waals surface area contributed by atoms with Gasteiger partial charge in [0.2, 0.25) is 5.91 Å². The van der Waals surface area contributed by atoms with Crippen LogP contribution in [0.25, 0.3) is 16.8 Å². The smallest absolute Gasteiger partial charge is 0.248 e. The largest absolute Gasteiger partial charge is 0.497 e. The predicted molar refractivity (Wildman–Crippen MR) is 94.6 cm³/mol. The molecule has 0 aliphatic carbocycles. The summed E-state index contributed by atoms with van der Waals surface area (Å²) in [7, 11) is 1.61. The molecule has 23 heavy (non-hydrogen) atoms. The van der Waals surface area contributed by atoms with Gasteiger partial charge in [-0.25, -0.2) is 0 Å². The highest BCUT2D eigenvalue weighted by Gasteiger charge is 2.00. The van der Waals surface area contributed by atoms with Crippen LogP contribution in [-0.4, -0.2) is 13.0 Å². The summed E-state index contributed by atoms with van der Waals surface area (Å²) in [5.74, 6) is 0.595. The predicted octanol–water partition coefficient (Wildman–Crippen LogP) is 4.50. The SMILES string of the molecule is COc1ccc(NC(=O)/C=C/c2cccc3ccccc23)cc1. The van der Waals surface area contributed by atoms with Crippen molar-refractivity contribution in [3.63, 3.8) is 0 Å². The molecule has 1 N–H and O–H groups in total. The third-order valence-electron chi connectivity index (χ3n) is 3.60. The van der Waals surface area contributed by atoms with E-state index in [1.807, 2.05) is 54.6 Å². The Balaban J connectivity index is 1.74. The number of carbonyl (C=O) groups excluding carboxylic acids is 1. The maximum Gasteiger partial charge on any atom is 0.248 e. The maximum absolute atomic E-state index is 12.0. The Kier molecular flexibility index (Phi) is 4.39. The summed E-state index contributed by atoms with van der Waals surface area (Å²) in [6.45, 7) is 0. The highest BCUT2D eigenvalue weighted by Crippen LogP contribution is 2.20. The average molecular weight is 303 g/mol. The van der Waals surface area contributed by atoms with Crippen molar-refractivity contribution in [3.8, 4) is 5.75 Å². The molecule has 114 valence electrons. The third-order valence-corrected chi connectivity index (χ3v) is 3.60. The Labute approximate surface area is 135 Å². The van der Waals surface area contributed by atoms with Crippen molar-refractivity contribution in [2.24, 2.45) is 0 Å². The van der Waals surface area contributed by atoms with Gasteiger partial charge in [0.15, 0.2) is 0 Å². The van der Waals surface area contributed by atoms with E-state index < -0.39 is 0 Å². The zero-order valence-corrected chi connectivity index (χ0v) is 12.8. The maximum atomic E-state index is 12.0. The van der Waals surface area contributed by atoms with E-state index in [0.717, 1.165) is 27.8 Å². The fourth-order valence-electron chi connectivity index (χ4n) is 2.42. The molecule has 3 rings (SSSR count). The molecule has 0 fully saturated rings. The summed E-state index contributed by atoms with van der Waals surface area (Å²) in [5.41, 5.74) is 1.76. The molecule has 3 nitrogen and oxygen atoms in total. The summed E-state index contributed by atoms with van der Waals surface area (Å²) in [6.07, 6.45) is 3.38. The number of rotatable bonds is 4. The second-order valence-electron chi connectivity index (χ2n) is 5.12. The van der Waals surface area contributed by atoms with Crippen molar-refractivity contribution in [1.29, 1.82) is 0 Å². The highest BCUT2D eigenvalue weighted by molar-refractivity contribution is 6.03. The molecule has 3 heteroatoms. The number of hydrogen-bond acceptors (Lipinski definition) is 2. The molecule has 0 aliphatic rings. The lowest BCUT2D eigenvalue weighted by Gasteiger charge is -2.04. The average Bonchev–Trinajstić information content (AvgIpc) is 2.60. The zero-order valence-electron chi connectivity index (χ0n) is 12.8. The quantitative estimate of drug-likeness (QED) is 0.721. The number of amides is 1. The number of nitrogens with one attached hydrogen (secondary N) is 1. The van der Waals surface area contributed by atoms with Gasteiger partial charge >= 0.3 is 0 Å². The molecule has 0 unspecified atom stereocenters. The Hall–Kier alpha value is -3.07. The van der Waals surface area contributed by atoms with Crippen LogP contribution < -0.4 is 10.1 Å². The van der Waals surface area contributed by atoms with Gasteiger partial charge < -0.3 is 10.1 Å². The number of hydrogen-bond donors (Lipinski definition) is 1. The molecule has 0 aliphatic heterocycles. The summed E-state index contributed by atoms with van der Waals surface area (Å²) >= 11 is 0. The lowest BCUT2D eigenvalue weighted by molar-refractivity contribution is -0.111. The molecule has 1 amide bonds. The molecular formula is C20H17NO2. The van der Waals surface area contributed by atoms with Gasteiger partial charge in [-0.15, -0.1) is 0 Å². The molecule has 3 aromatic carbocycles. The number of carbonyl (C=O) groups is 1. The Bertz CT molecular complexity index is 846. The summed E-state index contributed by atoms with van der Waals surface area (Å²) < 4.78 is 5.09. The second-order valence-corrected chi connectivity index (χ2v) is 5.12. The standard InChI is InChI=1S/C20H17NO2/c1-23-18-12-10-17(11-13-18)21-20(22)14-9-16-7-4-6-15-5-2-3-8-19(15)16/h2-14H,1H3,(H,21,22)/b14-9+. The minimum atomic E-state index is -0.164. The van der Waals surface area contributed by atoms with E-state index in [9.17, 15) is 4.79 Å². The van der Waals surface area contributed by atoms with Crippen LogP contribution in [0.3, 0.4) is 0 Å². The van der Waals surface area contributed by atoms with Crippen LogP contribution in [0.1, 0.15) is 5.56 Å². The minimum Gasteiger partial charge on any atom is -0.497 e. The monoisotopic (exact) mass is 303 g/mol. The van der Waals surface area contributed by atoms with E-state index in [2.05, 4.69) is 23.5 Å². The van der Waals surface area contributed by atoms with Gasteiger partial charge in [0.25, 0.3) is 0 Å². The normalized spacial score (nSPS) is 10.8. The van der Waals surface area contributed by atoms with Gasteiger partial charge in [0, 0.05) is 11.8 Å². The molecule has 0 radical (unpaired) electrons. The highest BCUT2D eigenvalue weighted by atomic mass is 16.5. The number of methoxy groups -OCH3 is 1. The summed E-state index contributed by atoms with van der Waals surface area (Å²) in [5, 5.41) is 5.12. The van der Waals surface area contributed by atoms with Crippen LogP contribution in [0.5, 0.6) is 5.75 Å². The van der Waals surface area contributed by atoms with E-state index in [0.29, 0.717) is 0 Å². The van der Waals surface area contributed by atoms with Crippen LogP contribution in [-0.2, 0) is 4.79 Å². The molecular weight excluding hydrogens is 286 g/mol. The van der Waals surface area contributed by atoms with Crippen LogP contribution in [0.15, 0.2) is 72.8 Å². The fraction of sp³-hybridized carbons (Fsp3) is 0.0500. The van der Waals surface area contributed by atoms with E-state index in [1.54, 1.807) is 13.2 Å². The van der Waals surface area contributed by atoms with Crippen LogP contribution in [0, 0.1) is 0 Å². The summed E-state index contributed by atoms with van der Waals surface area (Å²) in [4.78, 5) is 12.0. The number of benzene rings is 3.